The zero-order valence-corrected chi connectivity index (χ0v) is 25.3. The standard InChI is InChI=1S/C27H37ClN5O8P/c1-4-18(5-2)13-38-26(36)17(3)32-42(37,41-19-9-7-6-8-10-19)39-15-27(14-28)24(35)22(34)23(40-27)20-11-12-21-25(29)30-16-31-33(20)21/h6-12,16-18,22-24,34-35H,4-5,13-15H2,1-3H3,(H,32,37)(H2,29,30,31)/t17-,22-,23-,24-,27+,42?/m0/s1. The molecule has 1 saturated heterocycles. The molecule has 230 valence electrons. The lowest BCUT2D eigenvalue weighted by atomic mass is 9.96. The fraction of sp³-hybridized carbons (Fsp3) is 0.519. The number of rotatable bonds is 14. The van der Waals surface area contributed by atoms with Gasteiger partial charge in [-0.2, -0.15) is 10.2 Å². The Labute approximate surface area is 248 Å². The molecule has 6 atom stereocenters. The lowest BCUT2D eigenvalue weighted by molar-refractivity contribution is -0.146. The number of halogens is 1. The molecule has 3 heterocycles. The molecular weight excluding hydrogens is 589 g/mol. The van der Waals surface area contributed by atoms with Crippen LogP contribution in [-0.4, -0.2) is 73.7 Å². The number of aliphatic hydroxyl groups is 2. The van der Waals surface area contributed by atoms with E-state index < -0.39 is 50.3 Å². The molecule has 15 heteroatoms. The van der Waals surface area contributed by atoms with Gasteiger partial charge in [0.1, 0.15) is 47.5 Å². The Hall–Kier alpha value is -2.77. The van der Waals surface area contributed by atoms with Crippen LogP contribution in [0.1, 0.15) is 45.4 Å². The first kappa shape index (κ1) is 32.2. The smallest absolute Gasteiger partial charge is 0.459 e. The van der Waals surface area contributed by atoms with Gasteiger partial charge in [0.25, 0.3) is 0 Å². The minimum Gasteiger partial charge on any atom is -0.464 e. The monoisotopic (exact) mass is 625 g/mol. The number of esters is 1. The molecule has 5 N–H and O–H groups in total. The third-order valence-electron chi connectivity index (χ3n) is 7.33. The Bertz CT molecular complexity index is 1390. The largest absolute Gasteiger partial charge is 0.464 e. The summed E-state index contributed by atoms with van der Waals surface area (Å²) < 4.78 is 38.5. The Balaban J connectivity index is 1.54. The molecule has 2 aromatic heterocycles. The van der Waals surface area contributed by atoms with Crippen LogP contribution >= 0.6 is 19.3 Å². The van der Waals surface area contributed by atoms with E-state index in [1.165, 1.54) is 17.8 Å². The number of nitrogen functional groups attached to an aromatic ring is 1. The van der Waals surface area contributed by atoms with E-state index in [0.717, 1.165) is 12.8 Å². The van der Waals surface area contributed by atoms with E-state index >= 15 is 0 Å². The minimum atomic E-state index is -4.32. The zero-order valence-electron chi connectivity index (χ0n) is 23.6. The molecule has 42 heavy (non-hydrogen) atoms. The summed E-state index contributed by atoms with van der Waals surface area (Å²) in [6.07, 6.45) is -1.17. The Morgan fingerprint density at radius 3 is 2.62 bits per heavy atom. The molecule has 0 bridgehead atoms. The van der Waals surface area contributed by atoms with Gasteiger partial charge in [-0.15, -0.1) is 11.6 Å². The number of alkyl halides is 1. The number of para-hydroxylation sites is 1. The third-order valence-corrected chi connectivity index (χ3v) is 9.41. The van der Waals surface area contributed by atoms with Crippen molar-refractivity contribution in [2.45, 2.75) is 63.6 Å². The number of carbonyl (C=O) groups excluding carboxylic acids is 1. The average molecular weight is 626 g/mol. The van der Waals surface area contributed by atoms with Gasteiger partial charge in [-0.3, -0.25) is 9.32 Å². The molecule has 0 spiro atoms. The van der Waals surface area contributed by atoms with Crippen molar-refractivity contribution >= 4 is 36.7 Å². The number of carbonyl (C=O) groups is 1. The molecular formula is C27H37ClN5O8P. The number of nitrogens with zero attached hydrogens (tertiary/aromatic N) is 3. The summed E-state index contributed by atoms with van der Waals surface area (Å²) in [5, 5.41) is 28.9. The Morgan fingerprint density at radius 2 is 1.95 bits per heavy atom. The summed E-state index contributed by atoms with van der Waals surface area (Å²) in [6, 6.07) is 10.4. The van der Waals surface area contributed by atoms with Crippen LogP contribution in [0, 0.1) is 5.92 Å². The normalized spacial score (nSPS) is 24.5. The Kier molecular flexibility index (Phi) is 10.5. The van der Waals surface area contributed by atoms with Crippen LogP contribution in [-0.2, 0) is 23.4 Å². The van der Waals surface area contributed by atoms with Crippen molar-refractivity contribution < 1.29 is 38.1 Å². The van der Waals surface area contributed by atoms with Crippen LogP contribution in [0.3, 0.4) is 0 Å². The molecule has 1 fully saturated rings. The number of hydrogen-bond acceptors (Lipinski definition) is 11. The van der Waals surface area contributed by atoms with Gasteiger partial charge < -0.3 is 29.9 Å². The van der Waals surface area contributed by atoms with Gasteiger partial charge in [-0.05, 0) is 37.1 Å². The predicted octanol–water partition coefficient (Wildman–Crippen LogP) is 3.24. The first-order valence-corrected chi connectivity index (χ1v) is 15.8. The summed E-state index contributed by atoms with van der Waals surface area (Å²) in [5.41, 5.74) is 5.07. The highest BCUT2D eigenvalue weighted by molar-refractivity contribution is 7.52. The number of nitrogens with two attached hydrogens (primary N) is 1. The van der Waals surface area contributed by atoms with Gasteiger partial charge in [-0.25, -0.2) is 14.1 Å². The zero-order chi connectivity index (χ0) is 30.5. The fourth-order valence-corrected chi connectivity index (χ4v) is 6.45. The molecule has 0 amide bonds. The van der Waals surface area contributed by atoms with E-state index in [2.05, 4.69) is 15.2 Å². The second-order valence-electron chi connectivity index (χ2n) is 10.2. The summed E-state index contributed by atoms with van der Waals surface area (Å²) in [6.45, 7) is 5.15. The van der Waals surface area contributed by atoms with Gasteiger partial charge in [0.05, 0.1) is 24.8 Å². The molecule has 4 rings (SSSR count). The van der Waals surface area contributed by atoms with E-state index in [9.17, 15) is 19.6 Å². The van der Waals surface area contributed by atoms with E-state index in [1.54, 1.807) is 42.5 Å². The maximum absolute atomic E-state index is 14.0. The van der Waals surface area contributed by atoms with Crippen LogP contribution in [0.2, 0.25) is 0 Å². The van der Waals surface area contributed by atoms with Crippen molar-refractivity contribution in [3.8, 4) is 5.75 Å². The van der Waals surface area contributed by atoms with Crippen molar-refractivity contribution in [2.24, 2.45) is 5.92 Å². The van der Waals surface area contributed by atoms with Gasteiger partial charge >= 0.3 is 13.7 Å². The van der Waals surface area contributed by atoms with Crippen molar-refractivity contribution in [1.82, 2.24) is 19.7 Å². The topological polar surface area (TPSA) is 180 Å². The number of hydrogen-bond donors (Lipinski definition) is 4. The fourth-order valence-electron chi connectivity index (χ4n) is 4.60. The van der Waals surface area contributed by atoms with Crippen molar-refractivity contribution in [2.75, 3.05) is 24.8 Å². The van der Waals surface area contributed by atoms with Gasteiger partial charge in [0, 0.05) is 0 Å². The number of aliphatic hydroxyl groups excluding tert-OH is 2. The molecule has 1 aliphatic heterocycles. The van der Waals surface area contributed by atoms with E-state index in [1.807, 2.05) is 13.8 Å². The van der Waals surface area contributed by atoms with Gasteiger partial charge in [0.15, 0.2) is 5.82 Å². The number of anilines is 1. The molecule has 1 aromatic carbocycles. The number of fused-ring (bicyclic) bond motifs is 1. The lowest BCUT2D eigenvalue weighted by Crippen LogP contribution is -2.49. The quantitative estimate of drug-likeness (QED) is 0.117. The molecule has 3 aromatic rings. The minimum absolute atomic E-state index is 0.202. The third kappa shape index (κ3) is 6.89. The number of nitrogens with one attached hydrogen (secondary N) is 1. The highest BCUT2D eigenvalue weighted by Gasteiger charge is 2.56. The van der Waals surface area contributed by atoms with Crippen LogP contribution in [0.5, 0.6) is 5.75 Å². The molecule has 1 unspecified atom stereocenters. The summed E-state index contributed by atoms with van der Waals surface area (Å²) >= 11 is 6.28. The first-order valence-electron chi connectivity index (χ1n) is 13.7. The number of ether oxygens (including phenoxy) is 2. The molecule has 1 aliphatic rings. The average Bonchev–Trinajstić information content (AvgIpc) is 3.52. The highest BCUT2D eigenvalue weighted by Crippen LogP contribution is 2.49. The summed E-state index contributed by atoms with van der Waals surface area (Å²) in [5.74, 6) is -0.360. The van der Waals surface area contributed by atoms with Crippen molar-refractivity contribution in [3.63, 3.8) is 0 Å². The highest BCUT2D eigenvalue weighted by atomic mass is 35.5. The van der Waals surface area contributed by atoms with Crippen LogP contribution < -0.4 is 15.3 Å². The van der Waals surface area contributed by atoms with Crippen molar-refractivity contribution in [3.05, 3.63) is 54.5 Å². The first-order chi connectivity index (χ1) is 20.1. The predicted molar refractivity (Wildman–Crippen MR) is 155 cm³/mol. The maximum Gasteiger partial charge on any atom is 0.459 e. The van der Waals surface area contributed by atoms with Crippen LogP contribution in [0.15, 0.2) is 48.8 Å². The lowest BCUT2D eigenvalue weighted by Gasteiger charge is -2.32. The van der Waals surface area contributed by atoms with E-state index in [4.69, 9.17) is 35.9 Å². The summed E-state index contributed by atoms with van der Waals surface area (Å²) in [7, 11) is -4.32. The second-order valence-corrected chi connectivity index (χ2v) is 12.2. The van der Waals surface area contributed by atoms with Crippen LogP contribution in [0.4, 0.5) is 5.82 Å². The van der Waals surface area contributed by atoms with Crippen LogP contribution in [0.25, 0.3) is 5.52 Å². The van der Waals surface area contributed by atoms with Gasteiger partial charge in [0.2, 0.25) is 0 Å². The molecule has 13 nitrogen and oxygen atoms in total. The van der Waals surface area contributed by atoms with E-state index in [-0.39, 0.29) is 30.0 Å². The SMILES string of the molecule is CCC(CC)COC(=O)[C@H](C)NP(=O)(OC[C@@]1(CCl)O[C@@H](c2ccc3c(N)ncnn23)[C@H](O)[C@@H]1O)Oc1ccccc1. The summed E-state index contributed by atoms with van der Waals surface area (Å²) in [4.78, 5) is 16.7. The Morgan fingerprint density at radius 1 is 1.24 bits per heavy atom. The second kappa shape index (κ2) is 13.7. The molecule has 0 aliphatic carbocycles. The number of aromatic nitrogens is 3. The van der Waals surface area contributed by atoms with Gasteiger partial charge in [-0.1, -0.05) is 44.9 Å². The van der Waals surface area contributed by atoms with E-state index in [0.29, 0.717) is 11.2 Å². The molecule has 0 saturated carbocycles. The number of benzene rings is 1. The molecule has 0 radical (unpaired) electrons. The van der Waals surface area contributed by atoms with Crippen molar-refractivity contribution in [1.29, 1.82) is 0 Å². The maximum atomic E-state index is 14.0.